The molecule has 0 heterocycles. The van der Waals surface area contributed by atoms with E-state index in [9.17, 15) is 0 Å². The summed E-state index contributed by atoms with van der Waals surface area (Å²) >= 11 is 0. The second-order valence-electron chi connectivity index (χ2n) is 6.44. The van der Waals surface area contributed by atoms with Crippen LogP contribution in [0.2, 0.25) is 0 Å². The lowest BCUT2D eigenvalue weighted by atomic mass is 10.1. The summed E-state index contributed by atoms with van der Waals surface area (Å²) in [6, 6.07) is 9.90. The molecule has 118 valence electrons. The zero-order chi connectivity index (χ0) is 15.1. The minimum Gasteiger partial charge on any atom is -0.310 e. The first kappa shape index (κ1) is 16.5. The van der Waals surface area contributed by atoms with Gasteiger partial charge in [0.1, 0.15) is 0 Å². The maximum absolute atomic E-state index is 3.73. The number of rotatable bonds is 8. The SMILES string of the molecule is CCC1CCC(NCc2ccc(CN(CC)CC)cc2)C1. The molecule has 1 aromatic rings. The third kappa shape index (κ3) is 5.12. The van der Waals surface area contributed by atoms with Gasteiger partial charge in [-0.05, 0) is 49.4 Å². The molecule has 1 saturated carbocycles. The molecule has 2 unspecified atom stereocenters. The molecule has 1 fully saturated rings. The minimum atomic E-state index is 0.741. The molecule has 0 aliphatic heterocycles. The molecule has 1 aliphatic rings. The average Bonchev–Trinajstić information content (AvgIpc) is 3.00. The number of hydrogen-bond donors (Lipinski definition) is 1. The standard InChI is InChI=1S/C19H32N2/c1-4-16-11-12-19(13-16)20-14-17-7-9-18(10-8-17)15-21(5-2)6-3/h7-10,16,19-20H,4-6,11-15H2,1-3H3. The summed E-state index contributed by atoms with van der Waals surface area (Å²) in [4.78, 5) is 2.46. The Morgan fingerprint density at radius 1 is 1.00 bits per heavy atom. The van der Waals surface area contributed by atoms with Gasteiger partial charge in [-0.1, -0.05) is 51.5 Å². The van der Waals surface area contributed by atoms with Gasteiger partial charge in [0.25, 0.3) is 0 Å². The summed E-state index contributed by atoms with van der Waals surface area (Å²) in [5, 5.41) is 3.73. The van der Waals surface area contributed by atoms with Crippen LogP contribution in [0.15, 0.2) is 24.3 Å². The van der Waals surface area contributed by atoms with Crippen LogP contribution in [-0.2, 0) is 13.1 Å². The van der Waals surface area contributed by atoms with Gasteiger partial charge in [-0.15, -0.1) is 0 Å². The van der Waals surface area contributed by atoms with Crippen molar-refractivity contribution in [1.82, 2.24) is 10.2 Å². The van der Waals surface area contributed by atoms with Gasteiger partial charge in [-0.2, -0.15) is 0 Å². The fourth-order valence-corrected chi connectivity index (χ4v) is 3.36. The predicted octanol–water partition coefficient (Wildman–Crippen LogP) is 4.20. The Hall–Kier alpha value is -0.860. The molecule has 2 nitrogen and oxygen atoms in total. The lowest BCUT2D eigenvalue weighted by Gasteiger charge is -2.18. The molecule has 0 bridgehead atoms. The molecule has 21 heavy (non-hydrogen) atoms. The predicted molar refractivity (Wildman–Crippen MR) is 91.3 cm³/mol. The molecule has 0 amide bonds. The Balaban J connectivity index is 1.77. The van der Waals surface area contributed by atoms with Crippen molar-refractivity contribution in [2.45, 2.75) is 65.6 Å². The summed E-state index contributed by atoms with van der Waals surface area (Å²) in [5.74, 6) is 0.957. The monoisotopic (exact) mass is 288 g/mol. The summed E-state index contributed by atoms with van der Waals surface area (Å²) in [5.41, 5.74) is 2.84. The van der Waals surface area contributed by atoms with E-state index in [1.807, 2.05) is 0 Å². The van der Waals surface area contributed by atoms with Crippen molar-refractivity contribution in [1.29, 1.82) is 0 Å². The fourth-order valence-electron chi connectivity index (χ4n) is 3.36. The topological polar surface area (TPSA) is 15.3 Å². The normalized spacial score (nSPS) is 22.1. The van der Waals surface area contributed by atoms with E-state index in [2.05, 4.69) is 55.3 Å². The van der Waals surface area contributed by atoms with Crippen molar-refractivity contribution in [3.05, 3.63) is 35.4 Å². The van der Waals surface area contributed by atoms with Crippen molar-refractivity contribution in [2.75, 3.05) is 13.1 Å². The highest BCUT2D eigenvalue weighted by Crippen LogP contribution is 2.28. The lowest BCUT2D eigenvalue weighted by Crippen LogP contribution is -2.26. The molecule has 0 saturated heterocycles. The fraction of sp³-hybridized carbons (Fsp3) is 0.684. The van der Waals surface area contributed by atoms with Gasteiger partial charge in [0.2, 0.25) is 0 Å². The molecule has 2 heteroatoms. The number of nitrogens with zero attached hydrogens (tertiary/aromatic N) is 1. The molecule has 1 aliphatic carbocycles. The summed E-state index contributed by atoms with van der Waals surface area (Å²) in [7, 11) is 0. The maximum atomic E-state index is 3.73. The van der Waals surface area contributed by atoms with Crippen molar-refractivity contribution < 1.29 is 0 Å². The van der Waals surface area contributed by atoms with Gasteiger partial charge in [0.15, 0.2) is 0 Å². The van der Waals surface area contributed by atoms with Crippen LogP contribution in [0.4, 0.5) is 0 Å². The molecular weight excluding hydrogens is 256 g/mol. The highest BCUT2D eigenvalue weighted by molar-refractivity contribution is 5.22. The third-order valence-corrected chi connectivity index (χ3v) is 5.04. The quantitative estimate of drug-likeness (QED) is 0.771. The van der Waals surface area contributed by atoms with Crippen molar-refractivity contribution >= 4 is 0 Å². The van der Waals surface area contributed by atoms with Gasteiger partial charge >= 0.3 is 0 Å². The van der Waals surface area contributed by atoms with E-state index in [-0.39, 0.29) is 0 Å². The molecule has 0 aromatic heterocycles. The second kappa shape index (κ2) is 8.55. The van der Waals surface area contributed by atoms with Gasteiger partial charge in [0, 0.05) is 19.1 Å². The molecule has 1 N–H and O–H groups in total. The molecule has 0 spiro atoms. The van der Waals surface area contributed by atoms with E-state index in [1.54, 1.807) is 0 Å². The van der Waals surface area contributed by atoms with Crippen molar-refractivity contribution in [2.24, 2.45) is 5.92 Å². The molecule has 2 rings (SSSR count). The largest absolute Gasteiger partial charge is 0.310 e. The minimum absolute atomic E-state index is 0.741. The van der Waals surface area contributed by atoms with Gasteiger partial charge < -0.3 is 5.32 Å². The average molecular weight is 288 g/mol. The highest BCUT2D eigenvalue weighted by atomic mass is 15.1. The number of hydrogen-bond acceptors (Lipinski definition) is 2. The summed E-state index contributed by atoms with van der Waals surface area (Å²) in [6.07, 6.45) is 5.49. The third-order valence-electron chi connectivity index (χ3n) is 5.04. The second-order valence-corrected chi connectivity index (χ2v) is 6.44. The van der Waals surface area contributed by atoms with Crippen LogP contribution in [0.25, 0.3) is 0 Å². The zero-order valence-corrected chi connectivity index (χ0v) is 14.1. The maximum Gasteiger partial charge on any atom is 0.0233 e. The van der Waals surface area contributed by atoms with E-state index < -0.39 is 0 Å². The van der Waals surface area contributed by atoms with Crippen LogP contribution in [0.5, 0.6) is 0 Å². The molecule has 1 aromatic carbocycles. The lowest BCUT2D eigenvalue weighted by molar-refractivity contribution is 0.296. The summed E-state index contributed by atoms with van der Waals surface area (Å²) in [6.45, 7) is 11.1. The Labute approximate surface area is 130 Å². The highest BCUT2D eigenvalue weighted by Gasteiger charge is 2.22. The molecular formula is C19H32N2. The molecule has 2 atom stereocenters. The van der Waals surface area contributed by atoms with E-state index in [0.29, 0.717) is 0 Å². The number of nitrogens with one attached hydrogen (secondary N) is 1. The van der Waals surface area contributed by atoms with Crippen molar-refractivity contribution in [3.63, 3.8) is 0 Å². The summed E-state index contributed by atoms with van der Waals surface area (Å²) < 4.78 is 0. The van der Waals surface area contributed by atoms with Gasteiger partial charge in [-0.3, -0.25) is 4.90 Å². The first-order valence-corrected chi connectivity index (χ1v) is 8.78. The van der Waals surface area contributed by atoms with E-state index in [1.165, 1.54) is 36.8 Å². The van der Waals surface area contributed by atoms with Crippen LogP contribution in [-0.4, -0.2) is 24.0 Å². The Kier molecular flexibility index (Phi) is 6.72. The van der Waals surface area contributed by atoms with Crippen LogP contribution < -0.4 is 5.32 Å². The van der Waals surface area contributed by atoms with E-state index in [4.69, 9.17) is 0 Å². The van der Waals surface area contributed by atoms with Crippen LogP contribution >= 0.6 is 0 Å². The van der Waals surface area contributed by atoms with Crippen LogP contribution in [0.3, 0.4) is 0 Å². The van der Waals surface area contributed by atoms with E-state index in [0.717, 1.165) is 38.1 Å². The van der Waals surface area contributed by atoms with Crippen LogP contribution in [0, 0.1) is 5.92 Å². The van der Waals surface area contributed by atoms with Gasteiger partial charge in [0.05, 0.1) is 0 Å². The zero-order valence-electron chi connectivity index (χ0n) is 14.1. The Morgan fingerprint density at radius 3 is 2.24 bits per heavy atom. The van der Waals surface area contributed by atoms with Crippen molar-refractivity contribution in [3.8, 4) is 0 Å². The Morgan fingerprint density at radius 2 is 1.67 bits per heavy atom. The number of benzene rings is 1. The Bertz CT molecular complexity index is 395. The van der Waals surface area contributed by atoms with E-state index >= 15 is 0 Å². The first-order chi connectivity index (χ1) is 10.2. The smallest absolute Gasteiger partial charge is 0.0233 e. The molecule has 0 radical (unpaired) electrons. The van der Waals surface area contributed by atoms with Gasteiger partial charge in [-0.25, -0.2) is 0 Å². The first-order valence-electron chi connectivity index (χ1n) is 8.78. The van der Waals surface area contributed by atoms with Crippen LogP contribution in [0.1, 0.15) is 57.6 Å².